The van der Waals surface area contributed by atoms with Gasteiger partial charge in [-0.3, -0.25) is 9.80 Å². The van der Waals surface area contributed by atoms with Gasteiger partial charge in [0.05, 0.1) is 0 Å². The van der Waals surface area contributed by atoms with Crippen LogP contribution in [0.15, 0.2) is 43.5 Å². The van der Waals surface area contributed by atoms with Crippen LogP contribution in [0.1, 0.15) is 30.4 Å². The lowest BCUT2D eigenvalue weighted by Crippen LogP contribution is -2.57. The SMILES string of the molecule is C=CCOc1ccc(CN2CCCN(C)C3(CCN(C)CC3)C2)cc1CC=C. The van der Waals surface area contributed by atoms with Gasteiger partial charge in [0, 0.05) is 18.6 Å². The molecule has 1 aromatic rings. The minimum atomic E-state index is 0.333. The first kappa shape index (κ1) is 21.1. The third-order valence-corrected chi connectivity index (χ3v) is 6.47. The quantitative estimate of drug-likeness (QED) is 0.670. The Labute approximate surface area is 171 Å². The van der Waals surface area contributed by atoms with Crippen LogP contribution in [-0.2, 0) is 13.0 Å². The minimum absolute atomic E-state index is 0.333. The Morgan fingerprint density at radius 2 is 1.86 bits per heavy atom. The number of hydrogen-bond donors (Lipinski definition) is 0. The van der Waals surface area contributed by atoms with Crippen molar-refractivity contribution < 1.29 is 4.74 Å². The maximum atomic E-state index is 5.83. The Balaban J connectivity index is 1.73. The van der Waals surface area contributed by atoms with Crippen molar-refractivity contribution >= 4 is 0 Å². The molecular weight excluding hydrogens is 346 g/mol. The number of piperidine rings is 1. The molecular formula is C24H37N3O. The molecule has 2 saturated heterocycles. The number of allylic oxidation sites excluding steroid dienone is 1. The topological polar surface area (TPSA) is 19.0 Å². The standard InChI is InChI=1S/C24H37N3O/c1-5-8-22-18-21(9-10-23(22)28-17-6-2)19-27-14-7-13-26(4)24(20-27)11-15-25(3)16-12-24/h5-6,9-10,18H,1-2,7-8,11-17,19-20H2,3-4H3. The molecule has 3 rings (SSSR count). The average Bonchev–Trinajstić information content (AvgIpc) is 2.83. The van der Waals surface area contributed by atoms with E-state index in [2.05, 4.69) is 60.2 Å². The predicted octanol–water partition coefficient (Wildman–Crippen LogP) is 3.58. The highest BCUT2D eigenvalue weighted by Gasteiger charge is 2.40. The molecule has 0 saturated carbocycles. The zero-order valence-corrected chi connectivity index (χ0v) is 17.8. The summed E-state index contributed by atoms with van der Waals surface area (Å²) in [4.78, 5) is 7.79. The minimum Gasteiger partial charge on any atom is -0.489 e. The van der Waals surface area contributed by atoms with Gasteiger partial charge in [0.2, 0.25) is 0 Å². The molecule has 1 spiro atoms. The maximum absolute atomic E-state index is 5.83. The van der Waals surface area contributed by atoms with E-state index in [4.69, 9.17) is 4.74 Å². The number of hydrogen-bond acceptors (Lipinski definition) is 4. The predicted molar refractivity (Wildman–Crippen MR) is 118 cm³/mol. The summed E-state index contributed by atoms with van der Waals surface area (Å²) in [6.07, 6.45) is 8.36. The van der Waals surface area contributed by atoms with Crippen LogP contribution in [0.5, 0.6) is 5.75 Å². The van der Waals surface area contributed by atoms with Crippen molar-refractivity contribution in [3.63, 3.8) is 0 Å². The second kappa shape index (κ2) is 9.73. The van der Waals surface area contributed by atoms with Crippen molar-refractivity contribution in [3.8, 4) is 5.75 Å². The van der Waals surface area contributed by atoms with Crippen LogP contribution in [0.4, 0.5) is 0 Å². The van der Waals surface area contributed by atoms with Crippen LogP contribution in [-0.4, -0.2) is 73.7 Å². The molecule has 2 aliphatic rings. The Hall–Kier alpha value is -1.62. The van der Waals surface area contributed by atoms with E-state index in [1.54, 1.807) is 6.08 Å². The molecule has 0 bridgehead atoms. The van der Waals surface area contributed by atoms with Crippen LogP contribution in [0.2, 0.25) is 0 Å². The van der Waals surface area contributed by atoms with Crippen LogP contribution in [0, 0.1) is 0 Å². The Morgan fingerprint density at radius 1 is 1.07 bits per heavy atom. The van der Waals surface area contributed by atoms with Crippen molar-refractivity contribution in [3.05, 3.63) is 54.6 Å². The highest BCUT2D eigenvalue weighted by molar-refractivity contribution is 5.38. The molecule has 0 atom stereocenters. The molecule has 0 amide bonds. The summed E-state index contributed by atoms with van der Waals surface area (Å²) in [5.41, 5.74) is 2.92. The summed E-state index contributed by atoms with van der Waals surface area (Å²) in [6.45, 7) is 15.2. The van der Waals surface area contributed by atoms with Gasteiger partial charge in [-0.2, -0.15) is 0 Å². The van der Waals surface area contributed by atoms with Gasteiger partial charge in [-0.15, -0.1) is 6.58 Å². The highest BCUT2D eigenvalue weighted by atomic mass is 16.5. The lowest BCUT2D eigenvalue weighted by molar-refractivity contribution is 0.0337. The molecule has 1 aromatic carbocycles. The largest absolute Gasteiger partial charge is 0.489 e. The molecule has 2 aliphatic heterocycles. The van der Waals surface area contributed by atoms with E-state index in [9.17, 15) is 0 Å². The number of rotatable bonds is 7. The number of likely N-dealkylation sites (tertiary alicyclic amines) is 1. The van der Waals surface area contributed by atoms with E-state index in [0.717, 1.165) is 18.7 Å². The first-order valence-corrected chi connectivity index (χ1v) is 10.6. The maximum Gasteiger partial charge on any atom is 0.123 e. The third-order valence-electron chi connectivity index (χ3n) is 6.47. The fraction of sp³-hybridized carbons (Fsp3) is 0.583. The zero-order chi connectivity index (χ0) is 20.0. The van der Waals surface area contributed by atoms with E-state index in [1.165, 1.54) is 63.1 Å². The van der Waals surface area contributed by atoms with Gasteiger partial charge in [0.15, 0.2) is 0 Å². The van der Waals surface area contributed by atoms with Crippen molar-refractivity contribution in [1.82, 2.24) is 14.7 Å². The van der Waals surface area contributed by atoms with E-state index in [1.807, 2.05) is 6.08 Å². The van der Waals surface area contributed by atoms with Gasteiger partial charge in [0.1, 0.15) is 12.4 Å². The Bertz CT molecular complexity index is 664. The summed E-state index contributed by atoms with van der Waals surface area (Å²) < 4.78 is 5.83. The fourth-order valence-corrected chi connectivity index (χ4v) is 4.69. The first-order valence-electron chi connectivity index (χ1n) is 10.6. The van der Waals surface area contributed by atoms with Crippen LogP contribution < -0.4 is 4.74 Å². The van der Waals surface area contributed by atoms with E-state index >= 15 is 0 Å². The Morgan fingerprint density at radius 3 is 2.57 bits per heavy atom. The van der Waals surface area contributed by atoms with Gasteiger partial charge >= 0.3 is 0 Å². The third kappa shape index (κ3) is 5.05. The first-order chi connectivity index (χ1) is 13.6. The molecule has 4 nitrogen and oxygen atoms in total. The lowest BCUT2D eigenvalue weighted by Gasteiger charge is -2.47. The summed E-state index contributed by atoms with van der Waals surface area (Å²) in [5, 5.41) is 0. The normalized spacial score (nSPS) is 21.4. The zero-order valence-electron chi connectivity index (χ0n) is 17.8. The number of benzene rings is 1. The molecule has 0 aromatic heterocycles. The van der Waals surface area contributed by atoms with Gasteiger partial charge in [-0.05, 0) is 83.2 Å². The number of ether oxygens (including phenoxy) is 1. The van der Waals surface area contributed by atoms with Crippen molar-refractivity contribution in [1.29, 1.82) is 0 Å². The van der Waals surface area contributed by atoms with Crippen molar-refractivity contribution in [2.45, 2.75) is 37.8 Å². The van der Waals surface area contributed by atoms with Gasteiger partial charge in [-0.25, -0.2) is 0 Å². The van der Waals surface area contributed by atoms with Crippen molar-refractivity contribution in [2.75, 3.05) is 53.4 Å². The molecule has 154 valence electrons. The highest BCUT2D eigenvalue weighted by Crippen LogP contribution is 2.32. The molecule has 0 radical (unpaired) electrons. The van der Waals surface area contributed by atoms with Crippen LogP contribution in [0.25, 0.3) is 0 Å². The summed E-state index contributed by atoms with van der Waals surface area (Å²) in [6, 6.07) is 6.64. The van der Waals surface area contributed by atoms with E-state index in [0.29, 0.717) is 12.1 Å². The van der Waals surface area contributed by atoms with Crippen molar-refractivity contribution in [2.24, 2.45) is 0 Å². The monoisotopic (exact) mass is 383 g/mol. The van der Waals surface area contributed by atoms with E-state index in [-0.39, 0.29) is 0 Å². The number of likely N-dealkylation sites (N-methyl/N-ethyl adjacent to an activating group) is 1. The molecule has 2 heterocycles. The fourth-order valence-electron chi connectivity index (χ4n) is 4.69. The second-order valence-corrected chi connectivity index (χ2v) is 8.55. The molecule has 0 aliphatic carbocycles. The number of nitrogens with zero attached hydrogens (tertiary/aromatic N) is 3. The average molecular weight is 384 g/mol. The van der Waals surface area contributed by atoms with Gasteiger partial charge in [0.25, 0.3) is 0 Å². The Kier molecular flexibility index (Phi) is 7.33. The summed E-state index contributed by atoms with van der Waals surface area (Å²) in [5.74, 6) is 0.950. The van der Waals surface area contributed by atoms with E-state index < -0.39 is 0 Å². The van der Waals surface area contributed by atoms with Crippen LogP contribution >= 0.6 is 0 Å². The molecule has 4 heteroatoms. The molecule has 0 N–H and O–H groups in total. The molecule has 0 unspecified atom stereocenters. The summed E-state index contributed by atoms with van der Waals surface area (Å²) in [7, 11) is 4.58. The lowest BCUT2D eigenvalue weighted by atomic mass is 9.85. The van der Waals surface area contributed by atoms with Gasteiger partial charge in [-0.1, -0.05) is 30.9 Å². The molecule has 2 fully saturated rings. The summed E-state index contributed by atoms with van der Waals surface area (Å²) >= 11 is 0. The van der Waals surface area contributed by atoms with Gasteiger partial charge < -0.3 is 9.64 Å². The van der Waals surface area contributed by atoms with Crippen LogP contribution in [0.3, 0.4) is 0 Å². The second-order valence-electron chi connectivity index (χ2n) is 8.55. The molecule has 28 heavy (non-hydrogen) atoms. The smallest absolute Gasteiger partial charge is 0.123 e.